The van der Waals surface area contributed by atoms with Gasteiger partial charge in [0.05, 0.1) is 11.4 Å². The van der Waals surface area contributed by atoms with Crippen molar-refractivity contribution in [1.29, 1.82) is 0 Å². The van der Waals surface area contributed by atoms with Gasteiger partial charge in [0.1, 0.15) is 0 Å². The Balaban J connectivity index is 2.90. The van der Waals surface area contributed by atoms with Gasteiger partial charge >= 0.3 is 0 Å². The van der Waals surface area contributed by atoms with Crippen LogP contribution in [-0.2, 0) is 0 Å². The molecule has 0 amide bonds. The number of rotatable bonds is 4. The molecule has 0 aliphatic rings. The van der Waals surface area contributed by atoms with Crippen LogP contribution in [0.3, 0.4) is 0 Å². The monoisotopic (exact) mass is 160 g/mol. The zero-order valence-corrected chi connectivity index (χ0v) is 6.88. The number of anilines is 2. The predicted octanol–water partition coefficient (Wildman–Crippen LogP) is 2.80. The fraction of sp³-hybridized carbons (Fsp3) is 0. The van der Waals surface area contributed by atoms with E-state index in [4.69, 9.17) is 0 Å². The lowest BCUT2D eigenvalue weighted by Crippen LogP contribution is -1.93. The molecule has 0 spiro atoms. The zero-order chi connectivity index (χ0) is 8.81. The number of hydrogen-bond donors (Lipinski definition) is 2. The van der Waals surface area contributed by atoms with Crippen molar-refractivity contribution in [2.75, 3.05) is 10.6 Å². The molecule has 1 rings (SSSR count). The summed E-state index contributed by atoms with van der Waals surface area (Å²) in [6, 6.07) is 7.85. The third kappa shape index (κ3) is 1.89. The van der Waals surface area contributed by atoms with Crippen LogP contribution in [0.4, 0.5) is 11.4 Å². The normalized spacial score (nSPS) is 8.67. The van der Waals surface area contributed by atoms with E-state index >= 15 is 0 Å². The average molecular weight is 160 g/mol. The number of para-hydroxylation sites is 2. The summed E-state index contributed by atoms with van der Waals surface area (Å²) in [6.07, 6.45) is 3.28. The fourth-order valence-electron chi connectivity index (χ4n) is 0.955. The molecular formula is C10H12N2. The molecule has 12 heavy (non-hydrogen) atoms. The van der Waals surface area contributed by atoms with E-state index in [1.54, 1.807) is 12.4 Å². The van der Waals surface area contributed by atoms with Crippen molar-refractivity contribution in [3.8, 4) is 0 Å². The highest BCUT2D eigenvalue weighted by molar-refractivity contribution is 5.70. The molecule has 0 saturated carbocycles. The van der Waals surface area contributed by atoms with E-state index < -0.39 is 0 Å². The first-order valence-corrected chi connectivity index (χ1v) is 3.72. The SMILES string of the molecule is C=CNc1ccccc1NC=C. The molecule has 0 radical (unpaired) electrons. The molecule has 2 nitrogen and oxygen atoms in total. The molecule has 0 heterocycles. The first kappa shape index (κ1) is 8.40. The number of nitrogens with one attached hydrogen (secondary N) is 2. The molecule has 62 valence electrons. The minimum atomic E-state index is 0.993. The summed E-state index contributed by atoms with van der Waals surface area (Å²) in [6.45, 7) is 7.18. The fourth-order valence-corrected chi connectivity index (χ4v) is 0.955. The van der Waals surface area contributed by atoms with Gasteiger partial charge in [0.25, 0.3) is 0 Å². The molecule has 0 aliphatic carbocycles. The highest BCUT2D eigenvalue weighted by Gasteiger charge is 1.94. The second-order valence-corrected chi connectivity index (χ2v) is 2.24. The summed E-state index contributed by atoms with van der Waals surface area (Å²) in [5.74, 6) is 0. The van der Waals surface area contributed by atoms with E-state index in [1.165, 1.54) is 0 Å². The van der Waals surface area contributed by atoms with Gasteiger partial charge in [0.2, 0.25) is 0 Å². The third-order valence-electron chi connectivity index (χ3n) is 1.44. The Morgan fingerprint density at radius 2 is 1.33 bits per heavy atom. The lowest BCUT2D eigenvalue weighted by Gasteiger charge is -2.07. The first-order valence-electron chi connectivity index (χ1n) is 3.72. The predicted molar refractivity (Wildman–Crippen MR) is 54.1 cm³/mol. The Kier molecular flexibility index (Phi) is 2.96. The van der Waals surface area contributed by atoms with Crippen LogP contribution >= 0.6 is 0 Å². The van der Waals surface area contributed by atoms with Crippen LogP contribution in [0, 0.1) is 0 Å². The van der Waals surface area contributed by atoms with E-state index in [-0.39, 0.29) is 0 Å². The van der Waals surface area contributed by atoms with E-state index in [0.717, 1.165) is 11.4 Å². The quantitative estimate of drug-likeness (QED) is 0.707. The molecule has 2 heteroatoms. The molecular weight excluding hydrogens is 148 g/mol. The van der Waals surface area contributed by atoms with Gasteiger partial charge in [-0.1, -0.05) is 25.3 Å². The molecule has 2 N–H and O–H groups in total. The average Bonchev–Trinajstić information content (AvgIpc) is 2.09. The molecule has 0 unspecified atom stereocenters. The summed E-state index contributed by atoms with van der Waals surface area (Å²) in [5.41, 5.74) is 1.99. The Hall–Kier alpha value is -1.70. The molecule has 0 fully saturated rings. The van der Waals surface area contributed by atoms with Crippen molar-refractivity contribution in [3.63, 3.8) is 0 Å². The van der Waals surface area contributed by atoms with Crippen LogP contribution in [0.25, 0.3) is 0 Å². The van der Waals surface area contributed by atoms with Gasteiger partial charge in [-0.15, -0.1) is 0 Å². The van der Waals surface area contributed by atoms with E-state index in [9.17, 15) is 0 Å². The molecule has 0 aromatic heterocycles. The third-order valence-corrected chi connectivity index (χ3v) is 1.44. The van der Waals surface area contributed by atoms with Gasteiger partial charge in [0, 0.05) is 0 Å². The lowest BCUT2D eigenvalue weighted by molar-refractivity contribution is 1.54. The van der Waals surface area contributed by atoms with Crippen LogP contribution in [-0.4, -0.2) is 0 Å². The maximum absolute atomic E-state index is 3.59. The van der Waals surface area contributed by atoms with Gasteiger partial charge in [-0.2, -0.15) is 0 Å². The van der Waals surface area contributed by atoms with Crippen molar-refractivity contribution >= 4 is 11.4 Å². The summed E-state index contributed by atoms with van der Waals surface area (Å²) in [5, 5.41) is 6.03. The van der Waals surface area contributed by atoms with Crippen molar-refractivity contribution < 1.29 is 0 Å². The van der Waals surface area contributed by atoms with Crippen molar-refractivity contribution in [1.82, 2.24) is 0 Å². The second-order valence-electron chi connectivity index (χ2n) is 2.24. The van der Waals surface area contributed by atoms with Crippen LogP contribution < -0.4 is 10.6 Å². The van der Waals surface area contributed by atoms with Crippen LogP contribution in [0.5, 0.6) is 0 Å². The lowest BCUT2D eigenvalue weighted by atomic mass is 10.2. The molecule has 1 aromatic rings. The Morgan fingerprint density at radius 1 is 0.917 bits per heavy atom. The summed E-state index contributed by atoms with van der Waals surface area (Å²) in [7, 11) is 0. The van der Waals surface area contributed by atoms with Crippen molar-refractivity contribution in [2.45, 2.75) is 0 Å². The molecule has 0 bridgehead atoms. The van der Waals surface area contributed by atoms with Crippen LogP contribution in [0.2, 0.25) is 0 Å². The first-order chi connectivity index (χ1) is 5.88. The van der Waals surface area contributed by atoms with E-state index in [2.05, 4.69) is 23.8 Å². The largest absolute Gasteiger partial charge is 0.361 e. The van der Waals surface area contributed by atoms with Crippen molar-refractivity contribution in [2.24, 2.45) is 0 Å². The molecule has 0 atom stereocenters. The minimum absolute atomic E-state index is 0.993. The van der Waals surface area contributed by atoms with Gasteiger partial charge < -0.3 is 10.6 Å². The highest BCUT2D eigenvalue weighted by atomic mass is 14.9. The molecule has 1 aromatic carbocycles. The minimum Gasteiger partial charge on any atom is -0.361 e. The summed E-state index contributed by atoms with van der Waals surface area (Å²) >= 11 is 0. The second kappa shape index (κ2) is 4.23. The number of hydrogen-bond acceptors (Lipinski definition) is 2. The maximum Gasteiger partial charge on any atom is 0.0618 e. The Morgan fingerprint density at radius 3 is 1.67 bits per heavy atom. The van der Waals surface area contributed by atoms with Gasteiger partial charge in [0.15, 0.2) is 0 Å². The van der Waals surface area contributed by atoms with Crippen LogP contribution in [0.1, 0.15) is 0 Å². The topological polar surface area (TPSA) is 24.1 Å². The van der Waals surface area contributed by atoms with E-state index in [1.807, 2.05) is 24.3 Å². The van der Waals surface area contributed by atoms with Crippen molar-refractivity contribution in [3.05, 3.63) is 49.8 Å². The zero-order valence-electron chi connectivity index (χ0n) is 6.88. The smallest absolute Gasteiger partial charge is 0.0618 e. The molecule has 0 aliphatic heterocycles. The molecule has 0 saturated heterocycles. The highest BCUT2D eigenvalue weighted by Crippen LogP contribution is 2.20. The number of benzene rings is 1. The Labute approximate surface area is 72.6 Å². The van der Waals surface area contributed by atoms with Gasteiger partial charge in [-0.3, -0.25) is 0 Å². The van der Waals surface area contributed by atoms with Crippen LogP contribution in [0.15, 0.2) is 49.8 Å². The standard InChI is InChI=1S/C10H12N2/c1-3-11-9-7-5-6-8-10(9)12-4-2/h3-8,11-12H,1-2H2. The maximum atomic E-state index is 3.59. The Bertz CT molecular complexity index is 250. The summed E-state index contributed by atoms with van der Waals surface area (Å²) in [4.78, 5) is 0. The van der Waals surface area contributed by atoms with Gasteiger partial charge in [-0.05, 0) is 24.5 Å². The van der Waals surface area contributed by atoms with E-state index in [0.29, 0.717) is 0 Å². The van der Waals surface area contributed by atoms with Gasteiger partial charge in [-0.25, -0.2) is 0 Å². The summed E-state index contributed by atoms with van der Waals surface area (Å²) < 4.78 is 0.